The van der Waals surface area contributed by atoms with Crippen molar-refractivity contribution in [1.82, 2.24) is 14.9 Å². The number of carbonyl (C=O) groups is 1. The number of nitrogens with zero attached hydrogens (tertiary/aromatic N) is 3. The highest BCUT2D eigenvalue weighted by Gasteiger charge is 2.38. The first kappa shape index (κ1) is 22.3. The summed E-state index contributed by atoms with van der Waals surface area (Å²) in [6, 6.07) is 22.7. The summed E-state index contributed by atoms with van der Waals surface area (Å²) in [5, 5.41) is 12.3. The monoisotopic (exact) mass is 491 g/mol. The van der Waals surface area contributed by atoms with Crippen molar-refractivity contribution in [2.24, 2.45) is 0 Å². The molecule has 0 saturated heterocycles. The SMILES string of the molecule is COc1ccc([C@H]2Nn3c(nnc3-c3ccccc3)S[C@@H]2C(=O)Nc2cccc(C)c2)cc1Cl. The van der Waals surface area contributed by atoms with Gasteiger partial charge in [-0.25, -0.2) is 4.68 Å². The first-order chi connectivity index (χ1) is 16.5. The highest BCUT2D eigenvalue weighted by Crippen LogP contribution is 2.40. The second-order valence-electron chi connectivity index (χ2n) is 7.91. The number of benzene rings is 3. The molecule has 1 aliphatic heterocycles. The van der Waals surface area contributed by atoms with Crippen LogP contribution in [-0.2, 0) is 4.79 Å². The number of thioether (sulfide) groups is 1. The first-order valence-corrected chi connectivity index (χ1v) is 11.9. The minimum Gasteiger partial charge on any atom is -0.495 e. The number of fused-ring (bicyclic) bond motifs is 1. The Morgan fingerprint density at radius 2 is 1.91 bits per heavy atom. The molecule has 2 atom stereocenters. The molecular formula is C25H22ClN5O2S. The minimum absolute atomic E-state index is 0.143. The normalized spacial score (nSPS) is 16.9. The average molecular weight is 492 g/mol. The number of hydrogen-bond donors (Lipinski definition) is 2. The molecular weight excluding hydrogens is 470 g/mol. The molecule has 0 spiro atoms. The van der Waals surface area contributed by atoms with E-state index in [0.29, 0.717) is 21.8 Å². The molecule has 1 amide bonds. The van der Waals surface area contributed by atoms with Crippen LogP contribution >= 0.6 is 23.4 Å². The van der Waals surface area contributed by atoms with Crippen LogP contribution in [0.3, 0.4) is 0 Å². The average Bonchev–Trinajstić information content (AvgIpc) is 3.27. The van der Waals surface area contributed by atoms with Crippen molar-refractivity contribution < 1.29 is 9.53 Å². The van der Waals surface area contributed by atoms with E-state index in [9.17, 15) is 4.79 Å². The molecule has 2 N–H and O–H groups in total. The van der Waals surface area contributed by atoms with Crippen LogP contribution in [0.15, 0.2) is 78.0 Å². The van der Waals surface area contributed by atoms with Crippen LogP contribution < -0.4 is 15.5 Å². The van der Waals surface area contributed by atoms with Crippen LogP contribution in [0.4, 0.5) is 5.69 Å². The molecule has 9 heteroatoms. The minimum atomic E-state index is -0.523. The van der Waals surface area contributed by atoms with Crippen molar-refractivity contribution >= 4 is 35.0 Å². The summed E-state index contributed by atoms with van der Waals surface area (Å²) in [5.74, 6) is 1.10. The van der Waals surface area contributed by atoms with Gasteiger partial charge >= 0.3 is 0 Å². The highest BCUT2D eigenvalue weighted by molar-refractivity contribution is 8.00. The lowest BCUT2D eigenvalue weighted by Gasteiger charge is -2.33. The Hall–Kier alpha value is -3.49. The Morgan fingerprint density at radius 1 is 1.09 bits per heavy atom. The largest absolute Gasteiger partial charge is 0.495 e. The molecule has 34 heavy (non-hydrogen) atoms. The van der Waals surface area contributed by atoms with Crippen LogP contribution in [0.5, 0.6) is 5.75 Å². The molecule has 172 valence electrons. The maximum atomic E-state index is 13.5. The smallest absolute Gasteiger partial charge is 0.240 e. The van der Waals surface area contributed by atoms with Crippen molar-refractivity contribution in [3.63, 3.8) is 0 Å². The summed E-state index contributed by atoms with van der Waals surface area (Å²) in [5.41, 5.74) is 7.04. The van der Waals surface area contributed by atoms with Crippen molar-refractivity contribution in [2.75, 3.05) is 17.9 Å². The Bertz CT molecular complexity index is 1340. The zero-order valence-electron chi connectivity index (χ0n) is 18.5. The standard InChI is InChI=1S/C25H22ClN5O2S/c1-15-7-6-10-18(13-15)27-24(32)22-21(17-11-12-20(33-2)19(26)14-17)30-31-23(28-29-25(31)34-22)16-8-4-3-5-9-16/h3-14,21-22,30H,1-2H3,(H,27,32)/t21-,22+/m1/s1. The van der Waals surface area contributed by atoms with Crippen molar-refractivity contribution in [3.8, 4) is 17.1 Å². The van der Waals surface area contributed by atoms with Crippen LogP contribution in [0, 0.1) is 6.92 Å². The summed E-state index contributed by atoms with van der Waals surface area (Å²) in [4.78, 5) is 13.5. The van der Waals surface area contributed by atoms with E-state index in [1.165, 1.54) is 11.8 Å². The van der Waals surface area contributed by atoms with Gasteiger partial charge in [-0.3, -0.25) is 4.79 Å². The van der Waals surface area contributed by atoms with E-state index >= 15 is 0 Å². The predicted octanol–water partition coefficient (Wildman–Crippen LogP) is 5.31. The van der Waals surface area contributed by atoms with E-state index < -0.39 is 11.3 Å². The third-order valence-electron chi connectivity index (χ3n) is 5.55. The van der Waals surface area contributed by atoms with E-state index in [0.717, 1.165) is 22.4 Å². The summed E-state index contributed by atoms with van der Waals surface area (Å²) in [7, 11) is 1.57. The lowest BCUT2D eigenvalue weighted by atomic mass is 10.0. The zero-order chi connectivity index (χ0) is 23.7. The molecule has 0 radical (unpaired) electrons. The molecule has 5 rings (SSSR count). The van der Waals surface area contributed by atoms with Gasteiger partial charge in [0.2, 0.25) is 11.1 Å². The van der Waals surface area contributed by atoms with Gasteiger partial charge in [0.25, 0.3) is 0 Å². The Morgan fingerprint density at radius 3 is 2.65 bits per heavy atom. The first-order valence-electron chi connectivity index (χ1n) is 10.7. The molecule has 1 aliphatic rings. The third-order valence-corrected chi connectivity index (χ3v) is 7.06. The lowest BCUT2D eigenvalue weighted by Crippen LogP contribution is -2.41. The van der Waals surface area contributed by atoms with Crippen LogP contribution in [0.25, 0.3) is 11.4 Å². The molecule has 0 fully saturated rings. The number of nitrogens with one attached hydrogen (secondary N) is 2. The van der Waals surface area contributed by atoms with Gasteiger partial charge in [0, 0.05) is 11.3 Å². The van der Waals surface area contributed by atoms with Gasteiger partial charge in [0.1, 0.15) is 11.0 Å². The number of anilines is 1. The fraction of sp³-hybridized carbons (Fsp3) is 0.160. The second-order valence-corrected chi connectivity index (χ2v) is 9.42. The maximum absolute atomic E-state index is 13.5. The Kier molecular flexibility index (Phi) is 6.17. The Balaban J connectivity index is 1.53. The van der Waals surface area contributed by atoms with E-state index in [2.05, 4.69) is 20.9 Å². The van der Waals surface area contributed by atoms with Gasteiger partial charge in [-0.05, 0) is 42.3 Å². The van der Waals surface area contributed by atoms with Crippen molar-refractivity contribution in [1.29, 1.82) is 0 Å². The number of amides is 1. The molecule has 2 heterocycles. The highest BCUT2D eigenvalue weighted by atomic mass is 35.5. The van der Waals surface area contributed by atoms with Gasteiger partial charge < -0.3 is 15.5 Å². The molecule has 0 bridgehead atoms. The second kappa shape index (κ2) is 9.40. The number of aryl methyl sites for hydroxylation is 1. The summed E-state index contributed by atoms with van der Waals surface area (Å²) in [6.07, 6.45) is 0. The lowest BCUT2D eigenvalue weighted by molar-refractivity contribution is -0.116. The zero-order valence-corrected chi connectivity index (χ0v) is 20.1. The van der Waals surface area contributed by atoms with E-state index in [4.69, 9.17) is 16.3 Å². The number of carbonyl (C=O) groups excluding carboxylic acids is 1. The van der Waals surface area contributed by atoms with Crippen LogP contribution in [0.1, 0.15) is 17.2 Å². The number of hydrogen-bond acceptors (Lipinski definition) is 6. The van der Waals surface area contributed by atoms with E-state index in [1.54, 1.807) is 13.2 Å². The molecule has 3 aromatic carbocycles. The quantitative estimate of drug-likeness (QED) is 0.393. The van der Waals surface area contributed by atoms with Gasteiger partial charge in [-0.1, -0.05) is 71.9 Å². The number of aromatic nitrogens is 3. The number of rotatable bonds is 5. The number of ether oxygens (including phenoxy) is 1. The molecule has 0 unspecified atom stereocenters. The predicted molar refractivity (Wildman–Crippen MR) is 135 cm³/mol. The van der Waals surface area contributed by atoms with Gasteiger partial charge in [-0.2, -0.15) is 0 Å². The summed E-state index contributed by atoms with van der Waals surface area (Å²) < 4.78 is 7.14. The van der Waals surface area contributed by atoms with Crippen molar-refractivity contribution in [3.05, 3.63) is 88.9 Å². The number of halogens is 1. The van der Waals surface area contributed by atoms with Crippen LogP contribution in [0.2, 0.25) is 5.02 Å². The van der Waals surface area contributed by atoms with Gasteiger partial charge in [0.15, 0.2) is 5.82 Å². The fourth-order valence-corrected chi connectivity index (χ4v) is 5.24. The number of methoxy groups -OCH3 is 1. The Labute approximate surface area is 206 Å². The van der Waals surface area contributed by atoms with Crippen LogP contribution in [-0.4, -0.2) is 33.1 Å². The summed E-state index contributed by atoms with van der Waals surface area (Å²) in [6.45, 7) is 1.99. The topological polar surface area (TPSA) is 81.1 Å². The van der Waals surface area contributed by atoms with Gasteiger partial charge in [0.05, 0.1) is 18.2 Å². The fourth-order valence-electron chi connectivity index (χ4n) is 3.89. The molecule has 1 aromatic heterocycles. The van der Waals surface area contributed by atoms with Gasteiger partial charge in [-0.15, -0.1) is 10.2 Å². The molecule has 7 nitrogen and oxygen atoms in total. The third kappa shape index (κ3) is 4.34. The molecule has 0 aliphatic carbocycles. The summed E-state index contributed by atoms with van der Waals surface area (Å²) >= 11 is 7.80. The molecule has 0 saturated carbocycles. The van der Waals surface area contributed by atoms with E-state index in [1.807, 2.05) is 78.3 Å². The maximum Gasteiger partial charge on any atom is 0.240 e. The van der Waals surface area contributed by atoms with Crippen molar-refractivity contribution in [2.45, 2.75) is 23.4 Å². The van der Waals surface area contributed by atoms with E-state index in [-0.39, 0.29) is 5.91 Å². The molecule has 4 aromatic rings.